The zero-order valence-electron chi connectivity index (χ0n) is 23.9. The van der Waals surface area contributed by atoms with Gasteiger partial charge < -0.3 is 13.8 Å². The van der Waals surface area contributed by atoms with Gasteiger partial charge in [0.15, 0.2) is 18.0 Å². The summed E-state index contributed by atoms with van der Waals surface area (Å²) in [5.41, 5.74) is 6.92. The molecule has 7 aromatic rings. The van der Waals surface area contributed by atoms with E-state index in [0.717, 1.165) is 40.0 Å². The van der Waals surface area contributed by atoms with Crippen LogP contribution < -0.4 is 13.7 Å². The molecule has 3 aliphatic heterocycles. The number of quaternary nitrogens is 2. The zero-order chi connectivity index (χ0) is 29.3. The van der Waals surface area contributed by atoms with Crippen molar-refractivity contribution in [1.29, 1.82) is 5.26 Å². The van der Waals surface area contributed by atoms with E-state index in [9.17, 15) is 5.26 Å². The molecule has 0 saturated carbocycles. The number of nitriles is 1. The average molecular weight is 762 g/mol. The maximum atomic E-state index is 10.0. The number of ether oxygens (including phenoxy) is 1. The molecule has 2 atom stereocenters. The van der Waals surface area contributed by atoms with Crippen molar-refractivity contribution in [2.45, 2.75) is 0 Å². The molecule has 1 saturated heterocycles. The first kappa shape index (κ1) is 27.5. The molecule has 1 fully saturated rings. The Kier molecular flexibility index (Phi) is 6.27. The summed E-state index contributed by atoms with van der Waals surface area (Å²) in [6.45, 7) is 3.14. The summed E-state index contributed by atoms with van der Waals surface area (Å²) in [6, 6.07) is 50.4. The minimum absolute atomic E-state index is 0. The number of hydrogen-bond acceptors (Lipinski definition) is 3. The predicted octanol–water partition coefficient (Wildman–Crippen LogP) is 8.82. The first-order valence-corrected chi connectivity index (χ1v) is 14.5. The minimum Gasteiger partial charge on any atom is -0.508 e. The molecule has 0 unspecified atom stereocenters. The summed E-state index contributed by atoms with van der Waals surface area (Å²) in [4.78, 5) is 4.62. The fourth-order valence-electron chi connectivity index (χ4n) is 6.96. The third-order valence-electron chi connectivity index (χ3n) is 8.89. The number of pyridine rings is 1. The molecule has 6 nitrogen and oxygen atoms in total. The Bertz CT molecular complexity index is 2290. The van der Waals surface area contributed by atoms with E-state index >= 15 is 0 Å². The van der Waals surface area contributed by atoms with Crippen molar-refractivity contribution in [3.05, 3.63) is 152 Å². The van der Waals surface area contributed by atoms with Crippen molar-refractivity contribution < 1.29 is 25.8 Å². The minimum atomic E-state index is 0. The predicted molar refractivity (Wildman–Crippen MR) is 172 cm³/mol. The largest absolute Gasteiger partial charge is 0.508 e. The van der Waals surface area contributed by atoms with Crippen LogP contribution in [0.3, 0.4) is 0 Å². The second-order valence-electron chi connectivity index (χ2n) is 11.2. The van der Waals surface area contributed by atoms with Crippen LogP contribution in [-0.2, 0) is 21.1 Å². The fourth-order valence-corrected chi connectivity index (χ4v) is 6.96. The van der Waals surface area contributed by atoms with Crippen LogP contribution in [0, 0.1) is 30.1 Å². The van der Waals surface area contributed by atoms with Crippen molar-refractivity contribution in [1.82, 2.24) is 18.5 Å². The number of fused-ring (bicyclic) bond motifs is 3. The Balaban J connectivity index is 0.00000300. The standard InChI is InChI=1S/C38H24N5O.Pt/c39-24-27-17-18-29(43-25-42(26-43,28-10-2-1-3-11-28)35-14-6-7-15-36(35)43)22-37(27)44-30-19-20-32-31-12-4-5-13-33(31)41(34(32)23-30)38-16-8-9-21-40-38;/h1-21,25H,26H2;/q-1;/t42-,43+;/m0./s1. The van der Waals surface area contributed by atoms with Gasteiger partial charge in [-0.3, -0.25) is 4.48 Å². The van der Waals surface area contributed by atoms with E-state index in [0.29, 0.717) is 26.0 Å². The molecule has 0 spiro atoms. The SMILES string of the molecule is N#Cc1ccc([N@@+]23[CH-][N@@+](c4ccccc4)(C2)c2ccccc23)[c-]c1Oc1[c-]c2c(cc1)c1ccccc1n2-c1ccccn1.[Pt]. The maximum absolute atomic E-state index is 10.0. The molecule has 3 aliphatic rings. The molecule has 218 valence electrons. The fraction of sp³-hybridized carbons (Fsp3) is 0.0263. The van der Waals surface area contributed by atoms with Crippen molar-refractivity contribution in [2.24, 2.45) is 0 Å². The summed E-state index contributed by atoms with van der Waals surface area (Å²) in [5.74, 6) is 1.69. The number of aromatic nitrogens is 2. The van der Waals surface area contributed by atoms with Gasteiger partial charge >= 0.3 is 0 Å². The molecular formula is C38H24N5OPt-. The van der Waals surface area contributed by atoms with Gasteiger partial charge in [-0.25, -0.2) is 10.2 Å². The van der Waals surface area contributed by atoms with E-state index in [1.807, 2.05) is 60.7 Å². The van der Waals surface area contributed by atoms with Crippen LogP contribution in [-0.4, -0.2) is 16.2 Å². The third kappa shape index (κ3) is 3.89. The second kappa shape index (κ2) is 10.3. The Morgan fingerprint density at radius 1 is 0.756 bits per heavy atom. The smallest absolute Gasteiger partial charge is 0.184 e. The van der Waals surface area contributed by atoms with Crippen LogP contribution in [0.1, 0.15) is 5.56 Å². The number of benzene rings is 5. The van der Waals surface area contributed by atoms with E-state index in [-0.39, 0.29) is 21.1 Å². The van der Waals surface area contributed by atoms with Crippen molar-refractivity contribution >= 4 is 44.6 Å². The summed E-state index contributed by atoms with van der Waals surface area (Å²) in [5, 5.41) is 12.2. The van der Waals surface area contributed by atoms with Gasteiger partial charge in [-0.1, -0.05) is 66.2 Å². The average Bonchev–Trinajstić information content (AvgIpc) is 3.66. The van der Waals surface area contributed by atoms with Gasteiger partial charge in [0.25, 0.3) is 0 Å². The van der Waals surface area contributed by atoms with Crippen molar-refractivity contribution in [3.8, 4) is 23.4 Å². The van der Waals surface area contributed by atoms with E-state index in [4.69, 9.17) is 4.74 Å². The number of hydrogen-bond donors (Lipinski definition) is 0. The molecule has 0 radical (unpaired) electrons. The maximum Gasteiger partial charge on any atom is 0.184 e. The van der Waals surface area contributed by atoms with E-state index in [2.05, 4.69) is 95.1 Å². The molecule has 2 aromatic heterocycles. The van der Waals surface area contributed by atoms with Gasteiger partial charge in [0.05, 0.1) is 6.67 Å². The Hall–Kier alpha value is -5.05. The third-order valence-corrected chi connectivity index (χ3v) is 8.89. The zero-order valence-corrected chi connectivity index (χ0v) is 26.1. The topological polar surface area (TPSA) is 50.8 Å². The Labute approximate surface area is 275 Å². The van der Waals surface area contributed by atoms with E-state index in [1.54, 1.807) is 6.20 Å². The van der Waals surface area contributed by atoms with Crippen LogP contribution in [0.4, 0.5) is 22.7 Å². The quantitative estimate of drug-likeness (QED) is 0.130. The van der Waals surface area contributed by atoms with Crippen LogP contribution >= 0.6 is 0 Å². The van der Waals surface area contributed by atoms with Gasteiger partial charge in [-0.05, 0) is 41.3 Å². The van der Waals surface area contributed by atoms with Gasteiger partial charge in [0, 0.05) is 68.2 Å². The van der Waals surface area contributed by atoms with E-state index < -0.39 is 0 Å². The Morgan fingerprint density at radius 3 is 2.27 bits per heavy atom. The Morgan fingerprint density at radius 2 is 1.49 bits per heavy atom. The summed E-state index contributed by atoms with van der Waals surface area (Å²) in [7, 11) is 0. The molecule has 0 amide bonds. The summed E-state index contributed by atoms with van der Waals surface area (Å²) in [6.07, 6.45) is 1.79. The monoisotopic (exact) mass is 761 g/mol. The molecule has 45 heavy (non-hydrogen) atoms. The van der Waals surface area contributed by atoms with Crippen LogP contribution in [0.5, 0.6) is 11.5 Å². The van der Waals surface area contributed by atoms with Gasteiger partial charge in [-0.15, -0.1) is 29.7 Å². The molecule has 5 aromatic carbocycles. The molecular weight excluding hydrogens is 738 g/mol. The van der Waals surface area contributed by atoms with Crippen LogP contribution in [0.15, 0.2) is 128 Å². The first-order chi connectivity index (χ1) is 21.7. The van der Waals surface area contributed by atoms with Gasteiger partial charge in [0.1, 0.15) is 11.5 Å². The molecule has 0 N–H and O–H groups in total. The summed E-state index contributed by atoms with van der Waals surface area (Å²) >= 11 is 0. The van der Waals surface area contributed by atoms with E-state index in [1.165, 1.54) is 17.1 Å². The normalized spacial score (nSPS) is 19.4. The van der Waals surface area contributed by atoms with Gasteiger partial charge in [0.2, 0.25) is 0 Å². The van der Waals surface area contributed by atoms with Gasteiger partial charge in [-0.2, -0.15) is 6.07 Å². The molecule has 0 aliphatic carbocycles. The summed E-state index contributed by atoms with van der Waals surface area (Å²) < 4.78 is 9.76. The number of nitrogens with zero attached hydrogens (tertiary/aromatic N) is 5. The molecule has 7 heteroatoms. The molecule has 10 rings (SSSR count). The number of rotatable bonds is 5. The van der Waals surface area contributed by atoms with Crippen LogP contribution in [0.25, 0.3) is 27.6 Å². The van der Waals surface area contributed by atoms with Crippen molar-refractivity contribution in [2.75, 3.05) is 6.67 Å². The first-order valence-electron chi connectivity index (χ1n) is 14.5. The number of para-hydroxylation sites is 4. The van der Waals surface area contributed by atoms with Crippen LogP contribution in [0.2, 0.25) is 0 Å². The second-order valence-corrected chi connectivity index (χ2v) is 11.2. The van der Waals surface area contributed by atoms with Crippen molar-refractivity contribution in [3.63, 3.8) is 0 Å². The molecule has 5 heterocycles. The molecule has 2 bridgehead atoms.